The van der Waals surface area contributed by atoms with Crippen LogP contribution in [0.25, 0.3) is 0 Å². The number of hydrogen-bond acceptors (Lipinski definition) is 5. The van der Waals surface area contributed by atoms with E-state index >= 15 is 0 Å². The van der Waals surface area contributed by atoms with E-state index < -0.39 is 6.10 Å². The molecule has 0 saturated carbocycles. The van der Waals surface area contributed by atoms with Crippen LogP contribution >= 0.6 is 0 Å². The van der Waals surface area contributed by atoms with Crippen LogP contribution in [0.15, 0.2) is 18.2 Å². The number of unbranched alkanes of at least 4 members (excludes halogenated alkanes) is 4. The van der Waals surface area contributed by atoms with Crippen LogP contribution in [-0.2, 0) is 9.53 Å². The maximum atomic E-state index is 11.0. The van der Waals surface area contributed by atoms with Gasteiger partial charge in [0.1, 0.15) is 0 Å². The van der Waals surface area contributed by atoms with Crippen molar-refractivity contribution in [2.45, 2.75) is 51.0 Å². The molecular formula is C17H24O5. The monoisotopic (exact) mass is 308 g/mol. The van der Waals surface area contributed by atoms with Gasteiger partial charge in [0.05, 0.1) is 13.2 Å². The fourth-order valence-electron chi connectivity index (χ4n) is 2.53. The summed E-state index contributed by atoms with van der Waals surface area (Å²) in [6, 6.07) is 5.57. The molecule has 0 spiro atoms. The summed E-state index contributed by atoms with van der Waals surface area (Å²) >= 11 is 0. The van der Waals surface area contributed by atoms with E-state index in [4.69, 9.17) is 9.47 Å². The van der Waals surface area contributed by atoms with Gasteiger partial charge < -0.3 is 19.3 Å². The smallest absolute Gasteiger partial charge is 0.305 e. The van der Waals surface area contributed by atoms with E-state index in [0.29, 0.717) is 12.2 Å². The molecule has 1 aliphatic rings. The summed E-state index contributed by atoms with van der Waals surface area (Å²) in [4.78, 5) is 11.0. The highest BCUT2D eigenvalue weighted by atomic mass is 16.7. The lowest BCUT2D eigenvalue weighted by molar-refractivity contribution is -0.140. The van der Waals surface area contributed by atoms with E-state index in [1.165, 1.54) is 7.11 Å². The van der Waals surface area contributed by atoms with Crippen molar-refractivity contribution in [3.05, 3.63) is 23.8 Å². The van der Waals surface area contributed by atoms with Gasteiger partial charge in [0.25, 0.3) is 0 Å². The predicted molar refractivity (Wildman–Crippen MR) is 81.9 cm³/mol. The van der Waals surface area contributed by atoms with Gasteiger partial charge in [0.15, 0.2) is 11.5 Å². The number of aliphatic hydroxyl groups is 1. The quantitative estimate of drug-likeness (QED) is 0.560. The number of rotatable bonds is 9. The van der Waals surface area contributed by atoms with E-state index in [1.807, 2.05) is 18.2 Å². The van der Waals surface area contributed by atoms with Gasteiger partial charge in [-0.15, -0.1) is 0 Å². The summed E-state index contributed by atoms with van der Waals surface area (Å²) in [6.07, 6.45) is 5.76. The molecule has 5 nitrogen and oxygen atoms in total. The number of fused-ring (bicyclic) bond motifs is 1. The van der Waals surface area contributed by atoms with Gasteiger partial charge in [0.2, 0.25) is 6.79 Å². The molecule has 1 aromatic carbocycles. The molecule has 0 saturated heterocycles. The van der Waals surface area contributed by atoms with Crippen LogP contribution in [0.3, 0.4) is 0 Å². The zero-order valence-corrected chi connectivity index (χ0v) is 13.0. The number of benzene rings is 1. The Labute approximate surface area is 131 Å². The molecule has 1 unspecified atom stereocenters. The third kappa shape index (κ3) is 4.91. The lowest BCUT2D eigenvalue weighted by Crippen LogP contribution is -1.99. The highest BCUT2D eigenvalue weighted by molar-refractivity contribution is 5.68. The van der Waals surface area contributed by atoms with Gasteiger partial charge in [-0.3, -0.25) is 4.79 Å². The highest BCUT2D eigenvalue weighted by Gasteiger charge is 2.16. The molecule has 2 rings (SSSR count). The number of ether oxygens (including phenoxy) is 3. The molecule has 0 fully saturated rings. The normalized spacial score (nSPS) is 13.9. The van der Waals surface area contributed by atoms with Crippen LogP contribution in [0.4, 0.5) is 0 Å². The average Bonchev–Trinajstić information content (AvgIpc) is 3.00. The van der Waals surface area contributed by atoms with E-state index in [-0.39, 0.29) is 12.8 Å². The molecule has 0 radical (unpaired) electrons. The van der Waals surface area contributed by atoms with E-state index in [1.54, 1.807) is 0 Å². The van der Waals surface area contributed by atoms with Crippen molar-refractivity contribution in [3.63, 3.8) is 0 Å². The van der Waals surface area contributed by atoms with Crippen molar-refractivity contribution >= 4 is 5.97 Å². The van der Waals surface area contributed by atoms with Gasteiger partial charge >= 0.3 is 5.97 Å². The number of carbonyl (C=O) groups is 1. The molecule has 0 bridgehead atoms. The Morgan fingerprint density at radius 2 is 1.91 bits per heavy atom. The van der Waals surface area contributed by atoms with Crippen molar-refractivity contribution in [3.8, 4) is 11.5 Å². The van der Waals surface area contributed by atoms with Crippen molar-refractivity contribution in [1.82, 2.24) is 0 Å². The fraction of sp³-hybridized carbons (Fsp3) is 0.588. The minimum atomic E-state index is -0.468. The van der Waals surface area contributed by atoms with Gasteiger partial charge in [-0.2, -0.15) is 0 Å². The Balaban J connectivity index is 1.60. The number of aliphatic hydroxyl groups excluding tert-OH is 1. The topological polar surface area (TPSA) is 65.0 Å². The Bertz CT molecular complexity index is 486. The van der Waals surface area contributed by atoms with E-state index in [0.717, 1.165) is 49.8 Å². The van der Waals surface area contributed by atoms with Crippen LogP contribution in [0.1, 0.15) is 56.6 Å². The molecule has 0 aliphatic carbocycles. The largest absolute Gasteiger partial charge is 0.469 e. The van der Waals surface area contributed by atoms with Gasteiger partial charge in [-0.05, 0) is 30.5 Å². The first-order chi connectivity index (χ1) is 10.7. The zero-order valence-electron chi connectivity index (χ0n) is 13.0. The summed E-state index contributed by atoms with van der Waals surface area (Å²) in [5.74, 6) is 1.30. The summed E-state index contributed by atoms with van der Waals surface area (Å²) < 4.78 is 15.2. The molecule has 1 aromatic rings. The number of hydrogen-bond donors (Lipinski definition) is 1. The molecule has 1 heterocycles. The third-order valence-electron chi connectivity index (χ3n) is 3.87. The van der Waals surface area contributed by atoms with Crippen molar-refractivity contribution < 1.29 is 24.1 Å². The second-order valence-corrected chi connectivity index (χ2v) is 5.51. The molecule has 0 aromatic heterocycles. The predicted octanol–water partition coefficient (Wildman–Crippen LogP) is 3.35. The molecule has 1 aliphatic heterocycles. The van der Waals surface area contributed by atoms with Crippen LogP contribution in [0.2, 0.25) is 0 Å². The maximum Gasteiger partial charge on any atom is 0.305 e. The maximum absolute atomic E-state index is 11.0. The van der Waals surface area contributed by atoms with Crippen molar-refractivity contribution in [2.75, 3.05) is 13.9 Å². The van der Waals surface area contributed by atoms with E-state index in [2.05, 4.69) is 4.74 Å². The SMILES string of the molecule is COC(=O)CCCCCCCC(O)c1ccc2c(c1)OCO2. The zero-order chi connectivity index (χ0) is 15.8. The first-order valence-electron chi connectivity index (χ1n) is 7.85. The second-order valence-electron chi connectivity index (χ2n) is 5.51. The standard InChI is InChI=1S/C17H24O5/c1-20-17(19)8-6-4-2-3-5-7-14(18)13-9-10-15-16(11-13)22-12-21-15/h9-11,14,18H,2-8,12H2,1H3. The summed E-state index contributed by atoms with van der Waals surface area (Å²) in [5, 5.41) is 10.2. The van der Waals surface area contributed by atoms with Gasteiger partial charge in [-0.25, -0.2) is 0 Å². The molecule has 122 valence electrons. The van der Waals surface area contributed by atoms with Crippen LogP contribution in [0, 0.1) is 0 Å². The molecule has 1 N–H and O–H groups in total. The summed E-state index contributed by atoms with van der Waals surface area (Å²) in [6.45, 7) is 0.250. The Morgan fingerprint density at radius 3 is 2.73 bits per heavy atom. The Hall–Kier alpha value is -1.75. The lowest BCUT2D eigenvalue weighted by Gasteiger charge is -2.11. The van der Waals surface area contributed by atoms with Crippen molar-refractivity contribution in [2.24, 2.45) is 0 Å². The number of carbonyl (C=O) groups excluding carboxylic acids is 1. The Morgan fingerprint density at radius 1 is 1.18 bits per heavy atom. The van der Waals surface area contributed by atoms with Gasteiger partial charge in [-0.1, -0.05) is 31.7 Å². The molecular weight excluding hydrogens is 284 g/mol. The highest BCUT2D eigenvalue weighted by Crippen LogP contribution is 2.35. The molecule has 22 heavy (non-hydrogen) atoms. The summed E-state index contributed by atoms with van der Waals surface area (Å²) in [5.41, 5.74) is 0.870. The Kier molecular flexibility index (Phi) is 6.52. The number of methoxy groups -OCH3 is 1. The summed E-state index contributed by atoms with van der Waals surface area (Å²) in [7, 11) is 1.42. The van der Waals surface area contributed by atoms with Crippen LogP contribution in [-0.4, -0.2) is 25.0 Å². The van der Waals surface area contributed by atoms with Crippen molar-refractivity contribution in [1.29, 1.82) is 0 Å². The minimum Gasteiger partial charge on any atom is -0.469 e. The first-order valence-corrected chi connectivity index (χ1v) is 7.85. The minimum absolute atomic E-state index is 0.141. The second kappa shape index (κ2) is 8.63. The average molecular weight is 308 g/mol. The molecule has 1 atom stereocenters. The van der Waals surface area contributed by atoms with Crippen LogP contribution in [0.5, 0.6) is 11.5 Å². The fourth-order valence-corrected chi connectivity index (χ4v) is 2.53. The molecule has 5 heteroatoms. The third-order valence-corrected chi connectivity index (χ3v) is 3.87. The van der Waals surface area contributed by atoms with Gasteiger partial charge in [0, 0.05) is 6.42 Å². The van der Waals surface area contributed by atoms with Crippen LogP contribution < -0.4 is 9.47 Å². The number of esters is 1. The molecule has 0 amide bonds. The lowest BCUT2D eigenvalue weighted by atomic mass is 10.0. The van der Waals surface area contributed by atoms with E-state index in [9.17, 15) is 9.90 Å². The first kappa shape index (κ1) is 16.6.